The molecule has 3 heterocycles. The molecule has 3 aromatic heterocycles. The van der Waals surface area contributed by atoms with Crippen LogP contribution in [0.15, 0.2) is 53.6 Å². The number of fused-ring (bicyclic) bond motifs is 1. The summed E-state index contributed by atoms with van der Waals surface area (Å²) in [4.78, 5) is 20.6. The summed E-state index contributed by atoms with van der Waals surface area (Å²) >= 11 is 0. The summed E-state index contributed by atoms with van der Waals surface area (Å²) in [5.41, 5.74) is 2.69. The fraction of sp³-hybridized carbons (Fsp3) is 0.125. The number of aromatic nitrogens is 5. The number of rotatable bonds is 5. The van der Waals surface area contributed by atoms with Crippen LogP contribution in [0.25, 0.3) is 22.4 Å². The second-order valence-electron chi connectivity index (χ2n) is 5.24. The molecule has 120 valence electrons. The highest BCUT2D eigenvalue weighted by molar-refractivity contribution is 5.89. The van der Waals surface area contributed by atoms with E-state index < -0.39 is 0 Å². The maximum Gasteiger partial charge on any atom is 0.249 e. The number of imidazole rings is 1. The minimum absolute atomic E-state index is 0.162. The molecule has 0 saturated heterocycles. The minimum atomic E-state index is -0.162. The van der Waals surface area contributed by atoms with Gasteiger partial charge in [0.1, 0.15) is 6.26 Å². The molecule has 0 unspecified atom stereocenters. The molecule has 2 N–H and O–H groups in total. The first-order valence-electron chi connectivity index (χ1n) is 7.44. The number of hydrogen-bond donors (Lipinski definition) is 2. The summed E-state index contributed by atoms with van der Waals surface area (Å²) in [5, 5.41) is 9.41. The molecule has 0 aliphatic carbocycles. The number of anilines is 1. The SMILES string of the molecule is O=C(CCn1cnc2ccccc21)Nc1n[nH]c(-c2ccoc2)n1. The molecule has 0 aliphatic rings. The lowest BCUT2D eigenvalue weighted by atomic mass is 10.3. The van der Waals surface area contributed by atoms with Crippen LogP contribution in [0, 0.1) is 0 Å². The van der Waals surface area contributed by atoms with Crippen LogP contribution in [0.3, 0.4) is 0 Å². The van der Waals surface area contributed by atoms with Gasteiger partial charge >= 0.3 is 0 Å². The third-order valence-corrected chi connectivity index (χ3v) is 3.64. The Bertz CT molecular complexity index is 969. The maximum absolute atomic E-state index is 12.1. The van der Waals surface area contributed by atoms with Crippen LogP contribution >= 0.6 is 0 Å². The van der Waals surface area contributed by atoms with Crippen molar-refractivity contribution in [2.24, 2.45) is 0 Å². The summed E-state index contributed by atoms with van der Waals surface area (Å²) in [6.07, 6.45) is 5.14. The Labute approximate surface area is 136 Å². The fourth-order valence-electron chi connectivity index (χ4n) is 2.44. The maximum atomic E-state index is 12.1. The van der Waals surface area contributed by atoms with Crippen molar-refractivity contribution in [1.82, 2.24) is 24.7 Å². The standard InChI is InChI=1S/C16H14N6O2/c23-14(5-7-22-10-17-12-3-1-2-4-13(12)22)18-16-19-15(20-21-16)11-6-8-24-9-11/h1-4,6,8-10H,5,7H2,(H2,18,19,20,21,23). The molecule has 0 saturated carbocycles. The molecule has 4 aromatic rings. The van der Waals surface area contributed by atoms with Crippen LogP contribution in [0.2, 0.25) is 0 Å². The van der Waals surface area contributed by atoms with Gasteiger partial charge in [-0.05, 0) is 18.2 Å². The van der Waals surface area contributed by atoms with E-state index >= 15 is 0 Å². The van der Waals surface area contributed by atoms with E-state index in [1.807, 2.05) is 28.8 Å². The number of amides is 1. The number of furan rings is 1. The number of carbonyl (C=O) groups is 1. The van der Waals surface area contributed by atoms with E-state index in [1.54, 1.807) is 24.9 Å². The van der Waals surface area contributed by atoms with E-state index in [4.69, 9.17) is 4.42 Å². The molecule has 8 nitrogen and oxygen atoms in total. The highest BCUT2D eigenvalue weighted by Crippen LogP contribution is 2.16. The average molecular weight is 322 g/mol. The Morgan fingerprint density at radius 3 is 3.08 bits per heavy atom. The van der Waals surface area contributed by atoms with Gasteiger partial charge in [0.2, 0.25) is 11.9 Å². The number of H-pyrrole nitrogens is 1. The zero-order chi connectivity index (χ0) is 16.4. The number of para-hydroxylation sites is 2. The van der Waals surface area contributed by atoms with Crippen molar-refractivity contribution >= 4 is 22.9 Å². The molecular formula is C16H14N6O2. The lowest BCUT2D eigenvalue weighted by Gasteiger charge is -2.03. The summed E-state index contributed by atoms with van der Waals surface area (Å²) in [6.45, 7) is 0.533. The Morgan fingerprint density at radius 1 is 1.29 bits per heavy atom. The number of nitrogens with one attached hydrogen (secondary N) is 2. The van der Waals surface area contributed by atoms with Gasteiger partial charge in [0.05, 0.1) is 29.2 Å². The van der Waals surface area contributed by atoms with E-state index in [2.05, 4.69) is 25.5 Å². The van der Waals surface area contributed by atoms with E-state index in [9.17, 15) is 4.79 Å². The van der Waals surface area contributed by atoms with E-state index in [-0.39, 0.29) is 11.9 Å². The minimum Gasteiger partial charge on any atom is -0.472 e. The van der Waals surface area contributed by atoms with Crippen LogP contribution in [-0.2, 0) is 11.3 Å². The van der Waals surface area contributed by atoms with Crippen molar-refractivity contribution in [2.45, 2.75) is 13.0 Å². The lowest BCUT2D eigenvalue weighted by Crippen LogP contribution is -2.15. The second-order valence-corrected chi connectivity index (χ2v) is 5.24. The van der Waals surface area contributed by atoms with E-state index in [0.29, 0.717) is 18.8 Å². The van der Waals surface area contributed by atoms with E-state index in [1.165, 1.54) is 0 Å². The highest BCUT2D eigenvalue weighted by atomic mass is 16.3. The topological polar surface area (TPSA) is 102 Å². The average Bonchev–Trinajstić information content (AvgIpc) is 3.33. The predicted molar refractivity (Wildman–Crippen MR) is 87.1 cm³/mol. The normalized spacial score (nSPS) is 11.0. The number of hydrogen-bond acceptors (Lipinski definition) is 5. The van der Waals surface area contributed by atoms with Gasteiger partial charge in [0.15, 0.2) is 5.82 Å². The summed E-state index contributed by atoms with van der Waals surface area (Å²) in [7, 11) is 0. The van der Waals surface area contributed by atoms with Gasteiger partial charge in [0.25, 0.3) is 0 Å². The molecule has 0 spiro atoms. The van der Waals surface area contributed by atoms with Crippen LogP contribution in [0.5, 0.6) is 0 Å². The third kappa shape index (κ3) is 2.76. The fourth-order valence-corrected chi connectivity index (χ4v) is 2.44. The quantitative estimate of drug-likeness (QED) is 0.587. The van der Waals surface area contributed by atoms with Crippen LogP contribution in [0.4, 0.5) is 5.95 Å². The molecule has 24 heavy (non-hydrogen) atoms. The number of carbonyl (C=O) groups excluding carboxylic acids is 1. The third-order valence-electron chi connectivity index (χ3n) is 3.64. The molecule has 0 radical (unpaired) electrons. The Hall–Kier alpha value is -3.42. The van der Waals surface area contributed by atoms with Crippen LogP contribution in [-0.4, -0.2) is 30.6 Å². The Balaban J connectivity index is 1.38. The zero-order valence-electron chi connectivity index (χ0n) is 12.6. The molecule has 1 aromatic carbocycles. The highest BCUT2D eigenvalue weighted by Gasteiger charge is 2.10. The van der Waals surface area contributed by atoms with Gasteiger partial charge in [0, 0.05) is 13.0 Å². The zero-order valence-corrected chi connectivity index (χ0v) is 12.6. The molecule has 0 fully saturated rings. The first-order valence-corrected chi connectivity index (χ1v) is 7.44. The lowest BCUT2D eigenvalue weighted by molar-refractivity contribution is -0.116. The number of aromatic amines is 1. The summed E-state index contributed by atoms with van der Waals surface area (Å²) in [5.74, 6) is 0.622. The molecule has 8 heteroatoms. The molecule has 0 bridgehead atoms. The van der Waals surface area contributed by atoms with Crippen molar-refractivity contribution in [2.75, 3.05) is 5.32 Å². The number of nitrogens with zero attached hydrogens (tertiary/aromatic N) is 4. The molecule has 0 aliphatic heterocycles. The first kappa shape index (κ1) is 14.2. The predicted octanol–water partition coefficient (Wildman–Crippen LogP) is 2.44. The largest absolute Gasteiger partial charge is 0.472 e. The number of aryl methyl sites for hydroxylation is 1. The van der Waals surface area contributed by atoms with Gasteiger partial charge in [-0.2, -0.15) is 4.98 Å². The number of benzene rings is 1. The van der Waals surface area contributed by atoms with Crippen molar-refractivity contribution < 1.29 is 9.21 Å². The van der Waals surface area contributed by atoms with Gasteiger partial charge in [-0.15, -0.1) is 5.10 Å². The van der Waals surface area contributed by atoms with Gasteiger partial charge in [-0.25, -0.2) is 4.98 Å². The van der Waals surface area contributed by atoms with Crippen molar-refractivity contribution in [3.63, 3.8) is 0 Å². The molecular weight excluding hydrogens is 308 g/mol. The van der Waals surface area contributed by atoms with Crippen molar-refractivity contribution in [3.05, 3.63) is 49.2 Å². The van der Waals surface area contributed by atoms with Crippen molar-refractivity contribution in [3.8, 4) is 11.4 Å². The monoisotopic (exact) mass is 322 g/mol. The molecule has 4 rings (SSSR count). The van der Waals surface area contributed by atoms with Gasteiger partial charge in [-0.1, -0.05) is 12.1 Å². The van der Waals surface area contributed by atoms with Crippen molar-refractivity contribution in [1.29, 1.82) is 0 Å². The summed E-state index contributed by atoms with van der Waals surface area (Å²) < 4.78 is 6.94. The Kier molecular flexibility index (Phi) is 3.54. The van der Waals surface area contributed by atoms with Gasteiger partial charge < -0.3 is 8.98 Å². The van der Waals surface area contributed by atoms with Gasteiger partial charge in [-0.3, -0.25) is 15.2 Å². The van der Waals surface area contributed by atoms with Crippen LogP contribution in [0.1, 0.15) is 6.42 Å². The smallest absolute Gasteiger partial charge is 0.249 e. The van der Waals surface area contributed by atoms with E-state index in [0.717, 1.165) is 16.6 Å². The Morgan fingerprint density at radius 2 is 2.21 bits per heavy atom. The summed E-state index contributed by atoms with van der Waals surface area (Å²) in [6, 6.07) is 9.57. The molecule has 0 atom stereocenters. The second kappa shape index (κ2) is 5.99. The molecule has 1 amide bonds. The van der Waals surface area contributed by atoms with Crippen LogP contribution < -0.4 is 5.32 Å². The first-order chi connectivity index (χ1) is 11.8.